The lowest BCUT2D eigenvalue weighted by Gasteiger charge is -2.39. The van der Waals surface area contributed by atoms with Gasteiger partial charge in [-0.25, -0.2) is 0 Å². The molecule has 1 atom stereocenters. The first-order valence-corrected chi connectivity index (χ1v) is 8.22. The van der Waals surface area contributed by atoms with E-state index in [0.29, 0.717) is 12.6 Å². The van der Waals surface area contributed by atoms with Gasteiger partial charge in [0.2, 0.25) is 0 Å². The maximum atomic E-state index is 6.07. The molecule has 1 fully saturated rings. The van der Waals surface area contributed by atoms with Gasteiger partial charge in [0, 0.05) is 38.8 Å². The summed E-state index contributed by atoms with van der Waals surface area (Å²) in [5.74, 6) is 0. The van der Waals surface area contributed by atoms with Gasteiger partial charge < -0.3 is 10.6 Å². The molecule has 1 heterocycles. The number of nitrogens with two attached hydrogens (primary N) is 1. The van der Waals surface area contributed by atoms with E-state index in [2.05, 4.69) is 61.8 Å². The minimum Gasteiger partial charge on any atom is -0.329 e. The topological polar surface area (TPSA) is 32.5 Å². The zero-order chi connectivity index (χ0) is 15.5. The highest BCUT2D eigenvalue weighted by atomic mass is 15.3. The fraction of sp³-hybridized carbons (Fsp3) is 0.667. The Labute approximate surface area is 130 Å². The largest absolute Gasteiger partial charge is 0.329 e. The molecule has 1 aliphatic rings. The molecule has 1 aliphatic heterocycles. The van der Waals surface area contributed by atoms with Crippen molar-refractivity contribution in [3.05, 3.63) is 35.4 Å². The van der Waals surface area contributed by atoms with Crippen molar-refractivity contribution >= 4 is 0 Å². The third kappa shape index (κ3) is 4.06. The molecule has 2 N–H and O–H groups in total. The summed E-state index contributed by atoms with van der Waals surface area (Å²) < 4.78 is 0. The molecule has 0 aliphatic carbocycles. The van der Waals surface area contributed by atoms with Crippen molar-refractivity contribution in [2.24, 2.45) is 5.73 Å². The molecule has 1 saturated heterocycles. The second-order valence-corrected chi connectivity index (χ2v) is 7.09. The molecular weight excluding hydrogens is 258 g/mol. The van der Waals surface area contributed by atoms with Crippen molar-refractivity contribution < 1.29 is 0 Å². The highest BCUT2D eigenvalue weighted by molar-refractivity contribution is 5.29. The van der Waals surface area contributed by atoms with Gasteiger partial charge in [-0.05, 0) is 23.1 Å². The summed E-state index contributed by atoms with van der Waals surface area (Å²) in [6.45, 7) is 15.4. The van der Waals surface area contributed by atoms with Gasteiger partial charge in [0.25, 0.3) is 0 Å². The Hall–Kier alpha value is -0.900. The van der Waals surface area contributed by atoms with Crippen molar-refractivity contribution in [2.45, 2.75) is 39.2 Å². The molecule has 118 valence electrons. The molecule has 0 saturated carbocycles. The summed E-state index contributed by atoms with van der Waals surface area (Å²) in [5, 5.41) is 0. The summed E-state index contributed by atoms with van der Waals surface area (Å²) in [6.07, 6.45) is 0. The van der Waals surface area contributed by atoms with Crippen LogP contribution >= 0.6 is 0 Å². The van der Waals surface area contributed by atoms with Crippen molar-refractivity contribution in [2.75, 3.05) is 39.3 Å². The lowest BCUT2D eigenvalue weighted by Crippen LogP contribution is -2.48. The van der Waals surface area contributed by atoms with Crippen LogP contribution in [-0.4, -0.2) is 49.1 Å². The highest BCUT2D eigenvalue weighted by Gasteiger charge is 2.24. The average Bonchev–Trinajstić information content (AvgIpc) is 2.48. The predicted molar refractivity (Wildman–Crippen MR) is 90.6 cm³/mol. The van der Waals surface area contributed by atoms with Crippen LogP contribution in [0.4, 0.5) is 0 Å². The average molecular weight is 289 g/mol. The Bertz CT molecular complexity index is 425. The van der Waals surface area contributed by atoms with E-state index in [0.717, 1.165) is 32.7 Å². The number of nitrogens with zero attached hydrogens (tertiary/aromatic N) is 2. The van der Waals surface area contributed by atoms with Crippen LogP contribution in [0.25, 0.3) is 0 Å². The number of likely N-dealkylation sites (N-methyl/N-ethyl adjacent to an activating group) is 1. The molecule has 3 heteroatoms. The Kier molecular flexibility index (Phi) is 5.42. The molecule has 0 radical (unpaired) electrons. The molecule has 1 unspecified atom stereocenters. The van der Waals surface area contributed by atoms with Gasteiger partial charge in [-0.1, -0.05) is 52.0 Å². The quantitative estimate of drug-likeness (QED) is 0.925. The monoisotopic (exact) mass is 289 g/mol. The maximum absolute atomic E-state index is 6.07. The molecule has 0 bridgehead atoms. The third-order valence-electron chi connectivity index (χ3n) is 4.68. The number of hydrogen-bond donors (Lipinski definition) is 1. The first kappa shape index (κ1) is 16.5. The number of piperazine rings is 1. The summed E-state index contributed by atoms with van der Waals surface area (Å²) in [7, 11) is 0. The molecule has 0 amide bonds. The van der Waals surface area contributed by atoms with Crippen LogP contribution in [-0.2, 0) is 5.41 Å². The second kappa shape index (κ2) is 6.91. The van der Waals surface area contributed by atoms with E-state index in [1.165, 1.54) is 11.1 Å². The van der Waals surface area contributed by atoms with Gasteiger partial charge in [0.1, 0.15) is 0 Å². The summed E-state index contributed by atoms with van der Waals surface area (Å²) >= 11 is 0. The zero-order valence-electron chi connectivity index (χ0n) is 14.1. The van der Waals surface area contributed by atoms with Crippen LogP contribution in [0, 0.1) is 0 Å². The molecule has 1 aromatic rings. The highest BCUT2D eigenvalue weighted by Crippen LogP contribution is 2.26. The van der Waals surface area contributed by atoms with Crippen LogP contribution in [0.5, 0.6) is 0 Å². The predicted octanol–water partition coefficient (Wildman–Crippen LogP) is 2.62. The van der Waals surface area contributed by atoms with Crippen LogP contribution in [0.15, 0.2) is 24.3 Å². The van der Waals surface area contributed by atoms with E-state index < -0.39 is 0 Å². The molecule has 0 spiro atoms. The number of benzene rings is 1. The van der Waals surface area contributed by atoms with Crippen LogP contribution < -0.4 is 5.73 Å². The first-order chi connectivity index (χ1) is 9.95. The van der Waals surface area contributed by atoms with Crippen molar-refractivity contribution in [3.63, 3.8) is 0 Å². The molecule has 0 aromatic heterocycles. The Balaban J connectivity index is 2.07. The summed E-state index contributed by atoms with van der Waals surface area (Å²) in [5.41, 5.74) is 9.03. The second-order valence-electron chi connectivity index (χ2n) is 7.09. The van der Waals surface area contributed by atoms with Crippen molar-refractivity contribution in [1.29, 1.82) is 0 Å². The number of hydrogen-bond acceptors (Lipinski definition) is 3. The van der Waals surface area contributed by atoms with Crippen molar-refractivity contribution in [3.8, 4) is 0 Å². The van der Waals surface area contributed by atoms with Gasteiger partial charge in [-0.15, -0.1) is 0 Å². The Morgan fingerprint density at radius 3 is 2.05 bits per heavy atom. The standard InChI is InChI=1S/C18H31N3/c1-5-20-10-12-21(13-11-20)17(14-19)15-6-8-16(9-7-15)18(2,3)4/h6-9,17H,5,10-14,19H2,1-4H3. The van der Waals surface area contributed by atoms with Gasteiger partial charge in [0.15, 0.2) is 0 Å². The van der Waals surface area contributed by atoms with E-state index in [1.807, 2.05) is 0 Å². The molecule has 21 heavy (non-hydrogen) atoms. The van der Waals surface area contributed by atoms with Gasteiger partial charge in [-0.2, -0.15) is 0 Å². The lowest BCUT2D eigenvalue weighted by atomic mass is 9.86. The fourth-order valence-electron chi connectivity index (χ4n) is 3.09. The van der Waals surface area contributed by atoms with E-state index in [-0.39, 0.29) is 5.41 Å². The fourth-order valence-corrected chi connectivity index (χ4v) is 3.09. The smallest absolute Gasteiger partial charge is 0.0471 e. The van der Waals surface area contributed by atoms with Gasteiger partial charge in [0.05, 0.1) is 0 Å². The minimum absolute atomic E-state index is 0.212. The van der Waals surface area contributed by atoms with E-state index in [1.54, 1.807) is 0 Å². The molecule has 3 nitrogen and oxygen atoms in total. The summed E-state index contributed by atoms with van der Waals surface area (Å²) in [6, 6.07) is 9.42. The summed E-state index contributed by atoms with van der Waals surface area (Å²) in [4.78, 5) is 5.05. The van der Waals surface area contributed by atoms with Crippen LogP contribution in [0.1, 0.15) is 44.9 Å². The van der Waals surface area contributed by atoms with Crippen LogP contribution in [0.3, 0.4) is 0 Å². The van der Waals surface area contributed by atoms with Gasteiger partial charge in [-0.3, -0.25) is 4.90 Å². The normalized spacial score (nSPS) is 19.7. The van der Waals surface area contributed by atoms with Crippen LogP contribution in [0.2, 0.25) is 0 Å². The van der Waals surface area contributed by atoms with E-state index in [9.17, 15) is 0 Å². The first-order valence-electron chi connectivity index (χ1n) is 8.22. The lowest BCUT2D eigenvalue weighted by molar-refractivity contribution is 0.102. The number of rotatable bonds is 4. The van der Waals surface area contributed by atoms with Crippen molar-refractivity contribution in [1.82, 2.24) is 9.80 Å². The zero-order valence-corrected chi connectivity index (χ0v) is 14.1. The SMILES string of the molecule is CCN1CCN(C(CN)c2ccc(C(C)(C)C)cc2)CC1. The Morgan fingerprint density at radius 1 is 1.05 bits per heavy atom. The maximum Gasteiger partial charge on any atom is 0.0471 e. The van der Waals surface area contributed by atoms with Gasteiger partial charge >= 0.3 is 0 Å². The Morgan fingerprint density at radius 2 is 1.62 bits per heavy atom. The third-order valence-corrected chi connectivity index (χ3v) is 4.68. The van der Waals surface area contributed by atoms with E-state index in [4.69, 9.17) is 5.73 Å². The minimum atomic E-state index is 0.212. The molecular formula is C18H31N3. The molecule has 1 aromatic carbocycles. The van der Waals surface area contributed by atoms with E-state index >= 15 is 0 Å². The molecule has 2 rings (SSSR count).